The number of morpholine rings is 1. The van der Waals surface area contributed by atoms with Crippen molar-refractivity contribution in [2.75, 3.05) is 60.2 Å². The molecule has 2 aliphatic rings. The molecule has 1 saturated heterocycles. The predicted molar refractivity (Wildman–Crippen MR) is 166 cm³/mol. The van der Waals surface area contributed by atoms with Crippen LogP contribution in [0.4, 0.5) is 0 Å². The van der Waals surface area contributed by atoms with Gasteiger partial charge in [-0.05, 0) is 36.4 Å². The van der Waals surface area contributed by atoms with Crippen LogP contribution in [0.1, 0.15) is 33.9 Å². The number of hydrazone groups is 1. The normalized spacial score (nSPS) is 17.0. The van der Waals surface area contributed by atoms with E-state index in [1.165, 1.54) is 5.01 Å². The Morgan fingerprint density at radius 3 is 2.40 bits per heavy atom. The summed E-state index contributed by atoms with van der Waals surface area (Å²) in [4.78, 5) is 31.7. The lowest BCUT2D eigenvalue weighted by molar-refractivity contribution is -0.133. The number of carbonyl (C=O) groups is 2. The number of amides is 2. The Kier molecular flexibility index (Phi) is 10.2. The first-order valence-electron chi connectivity index (χ1n) is 14.1. The Morgan fingerprint density at radius 2 is 1.70 bits per heavy atom. The number of rotatable bonds is 10. The third-order valence-electron chi connectivity index (χ3n) is 7.65. The summed E-state index contributed by atoms with van der Waals surface area (Å²) in [6, 6.07) is 19.2. The highest BCUT2D eigenvalue weighted by Gasteiger charge is 2.37. The molecule has 2 aliphatic heterocycles. The Balaban J connectivity index is 1.48. The highest BCUT2D eigenvalue weighted by molar-refractivity contribution is 6.34. The molecule has 0 N–H and O–H groups in total. The van der Waals surface area contributed by atoms with E-state index in [4.69, 9.17) is 42.5 Å². The summed E-state index contributed by atoms with van der Waals surface area (Å²) >= 11 is 13.0. The van der Waals surface area contributed by atoms with Gasteiger partial charge in [0.15, 0.2) is 0 Å². The van der Waals surface area contributed by atoms with Crippen molar-refractivity contribution in [1.82, 2.24) is 14.8 Å². The lowest BCUT2D eigenvalue weighted by Crippen LogP contribution is -2.46. The van der Waals surface area contributed by atoms with Crippen LogP contribution in [-0.2, 0) is 9.53 Å². The monoisotopic (exact) mass is 624 g/mol. The van der Waals surface area contributed by atoms with Crippen molar-refractivity contribution in [2.45, 2.75) is 12.5 Å². The van der Waals surface area contributed by atoms with E-state index < -0.39 is 6.04 Å². The Morgan fingerprint density at radius 1 is 0.977 bits per heavy atom. The molecule has 0 spiro atoms. The van der Waals surface area contributed by atoms with Crippen molar-refractivity contribution in [1.29, 1.82) is 0 Å². The van der Waals surface area contributed by atoms with Crippen LogP contribution in [0.15, 0.2) is 71.8 Å². The molecule has 5 rings (SSSR count). The zero-order valence-corrected chi connectivity index (χ0v) is 25.7. The molecule has 11 heteroatoms. The quantitative estimate of drug-likeness (QED) is 0.310. The van der Waals surface area contributed by atoms with Crippen molar-refractivity contribution in [2.24, 2.45) is 5.10 Å². The minimum Gasteiger partial charge on any atom is -0.497 e. The topological polar surface area (TPSA) is 83.9 Å². The van der Waals surface area contributed by atoms with Crippen molar-refractivity contribution < 1.29 is 23.8 Å². The maximum Gasteiger partial charge on any atom is 0.262 e. The number of halogens is 2. The molecular formula is C32H34Cl2N4O5. The van der Waals surface area contributed by atoms with Gasteiger partial charge in [-0.1, -0.05) is 53.5 Å². The van der Waals surface area contributed by atoms with E-state index in [1.54, 1.807) is 61.6 Å². The smallest absolute Gasteiger partial charge is 0.262 e. The van der Waals surface area contributed by atoms with Gasteiger partial charge in [0.2, 0.25) is 0 Å². The summed E-state index contributed by atoms with van der Waals surface area (Å²) in [6.45, 7) is 3.51. The van der Waals surface area contributed by atoms with Gasteiger partial charge in [-0.25, -0.2) is 5.01 Å². The van der Waals surface area contributed by atoms with Crippen LogP contribution >= 0.6 is 23.2 Å². The van der Waals surface area contributed by atoms with Gasteiger partial charge in [-0.15, -0.1) is 0 Å². The highest BCUT2D eigenvalue weighted by atomic mass is 35.5. The van der Waals surface area contributed by atoms with E-state index in [1.807, 2.05) is 24.3 Å². The van der Waals surface area contributed by atoms with Gasteiger partial charge in [0.05, 0.1) is 49.8 Å². The summed E-state index contributed by atoms with van der Waals surface area (Å²) in [7, 11) is 3.17. The van der Waals surface area contributed by atoms with Crippen LogP contribution in [0.2, 0.25) is 10.0 Å². The van der Waals surface area contributed by atoms with Crippen LogP contribution in [0, 0.1) is 0 Å². The van der Waals surface area contributed by atoms with Crippen molar-refractivity contribution in [3.05, 3.63) is 93.5 Å². The van der Waals surface area contributed by atoms with Gasteiger partial charge in [0.1, 0.15) is 18.0 Å². The second-order valence-corrected chi connectivity index (χ2v) is 11.1. The maximum atomic E-state index is 14.2. The number of methoxy groups -OCH3 is 2. The molecule has 2 heterocycles. The second-order valence-electron chi connectivity index (χ2n) is 10.3. The second kappa shape index (κ2) is 14.2. The average molecular weight is 626 g/mol. The molecule has 0 aromatic heterocycles. The van der Waals surface area contributed by atoms with E-state index >= 15 is 0 Å². The molecule has 43 heavy (non-hydrogen) atoms. The Hall–Kier alpha value is -3.63. The SMILES string of the molecule is COc1ccc(OC)c([C@H]2CC(c3ccccc3Cl)=NN2C(=O)CN(CCN2CCOCC2)C(=O)c2ccccc2Cl)c1. The molecule has 0 aliphatic carbocycles. The van der Waals surface area contributed by atoms with Gasteiger partial charge in [-0.2, -0.15) is 5.10 Å². The van der Waals surface area contributed by atoms with E-state index in [-0.39, 0.29) is 18.4 Å². The lowest BCUT2D eigenvalue weighted by atomic mass is 9.97. The maximum absolute atomic E-state index is 14.2. The van der Waals surface area contributed by atoms with Crippen LogP contribution in [0.5, 0.6) is 11.5 Å². The van der Waals surface area contributed by atoms with Gasteiger partial charge in [0.25, 0.3) is 11.8 Å². The van der Waals surface area contributed by atoms with E-state index in [0.717, 1.165) is 24.2 Å². The summed E-state index contributed by atoms with van der Waals surface area (Å²) in [5.74, 6) is 0.544. The van der Waals surface area contributed by atoms with Crippen molar-refractivity contribution in [3.8, 4) is 11.5 Å². The molecular weight excluding hydrogens is 591 g/mol. The van der Waals surface area contributed by atoms with Crippen LogP contribution < -0.4 is 9.47 Å². The zero-order valence-electron chi connectivity index (χ0n) is 24.2. The zero-order chi connectivity index (χ0) is 30.3. The Bertz CT molecular complexity index is 1490. The van der Waals surface area contributed by atoms with Crippen LogP contribution in [-0.4, -0.2) is 92.5 Å². The fourth-order valence-corrected chi connectivity index (χ4v) is 5.78. The summed E-state index contributed by atoms with van der Waals surface area (Å²) < 4.78 is 16.6. The molecule has 3 aromatic rings. The summed E-state index contributed by atoms with van der Waals surface area (Å²) in [5, 5.41) is 7.10. The highest BCUT2D eigenvalue weighted by Crippen LogP contribution is 2.40. The fraction of sp³-hybridized carbons (Fsp3) is 0.344. The average Bonchev–Trinajstić information content (AvgIpc) is 3.48. The van der Waals surface area contributed by atoms with Crippen LogP contribution in [0.25, 0.3) is 0 Å². The molecule has 0 saturated carbocycles. The first kappa shape index (κ1) is 30.8. The number of benzene rings is 3. The number of hydrogen-bond donors (Lipinski definition) is 0. The standard InChI is InChI=1S/C32H34Cl2N4O5/c1-41-22-11-12-30(42-2)25(19-22)29-20-28(23-7-3-5-9-26(23)33)35-38(29)31(39)21-37(14-13-36-15-17-43-18-16-36)32(40)24-8-4-6-10-27(24)34/h3-12,19,29H,13-18,20-21H2,1-2H3/t29-/m1/s1. The van der Waals surface area contributed by atoms with Crippen LogP contribution in [0.3, 0.4) is 0 Å². The molecule has 0 bridgehead atoms. The van der Waals surface area contributed by atoms with E-state index in [9.17, 15) is 9.59 Å². The number of ether oxygens (including phenoxy) is 3. The predicted octanol–water partition coefficient (Wildman–Crippen LogP) is 5.16. The number of nitrogens with zero attached hydrogens (tertiary/aromatic N) is 4. The largest absolute Gasteiger partial charge is 0.497 e. The van der Waals surface area contributed by atoms with Crippen molar-refractivity contribution >= 4 is 40.7 Å². The molecule has 9 nitrogen and oxygen atoms in total. The minimum absolute atomic E-state index is 0.198. The molecule has 1 atom stereocenters. The van der Waals surface area contributed by atoms with Crippen molar-refractivity contribution in [3.63, 3.8) is 0 Å². The van der Waals surface area contributed by atoms with Gasteiger partial charge in [-0.3, -0.25) is 14.5 Å². The molecule has 3 aromatic carbocycles. The first-order chi connectivity index (χ1) is 20.9. The Labute approximate surface area is 261 Å². The van der Waals surface area contributed by atoms with E-state index in [0.29, 0.717) is 65.5 Å². The molecule has 0 radical (unpaired) electrons. The molecule has 226 valence electrons. The summed E-state index contributed by atoms with van der Waals surface area (Å²) in [5.41, 5.74) is 2.47. The molecule has 1 fully saturated rings. The number of carbonyl (C=O) groups excluding carboxylic acids is 2. The molecule has 2 amide bonds. The third-order valence-corrected chi connectivity index (χ3v) is 8.31. The lowest BCUT2D eigenvalue weighted by Gasteiger charge is -2.31. The van der Waals surface area contributed by atoms with Gasteiger partial charge < -0.3 is 19.1 Å². The minimum atomic E-state index is -0.514. The van der Waals surface area contributed by atoms with Gasteiger partial charge >= 0.3 is 0 Å². The first-order valence-corrected chi connectivity index (χ1v) is 14.9. The van der Waals surface area contributed by atoms with E-state index in [2.05, 4.69) is 4.90 Å². The fourth-order valence-electron chi connectivity index (χ4n) is 5.32. The summed E-state index contributed by atoms with van der Waals surface area (Å²) in [6.07, 6.45) is 0.394. The van der Waals surface area contributed by atoms with Gasteiger partial charge in [0, 0.05) is 48.7 Å². The third kappa shape index (κ3) is 7.13. The number of hydrogen-bond acceptors (Lipinski definition) is 7. The molecule has 0 unspecified atom stereocenters.